The van der Waals surface area contributed by atoms with E-state index in [9.17, 15) is 22.8 Å². The number of fused-ring (bicyclic) bond motifs is 1. The van der Waals surface area contributed by atoms with Crippen LogP contribution in [0.15, 0.2) is 30.7 Å². The molecule has 2 N–H and O–H groups in total. The minimum Gasteiger partial charge on any atom is -0.468 e. The van der Waals surface area contributed by atoms with Crippen molar-refractivity contribution in [3.05, 3.63) is 47.5 Å². The van der Waals surface area contributed by atoms with E-state index in [2.05, 4.69) is 25.7 Å². The molecule has 12 heteroatoms. The van der Waals surface area contributed by atoms with E-state index < -0.39 is 12.8 Å². The van der Waals surface area contributed by atoms with Crippen LogP contribution >= 0.6 is 0 Å². The van der Waals surface area contributed by atoms with Gasteiger partial charge in [-0.15, -0.1) is 0 Å². The molecule has 0 spiro atoms. The maximum atomic E-state index is 12.4. The third kappa shape index (κ3) is 7.66. The van der Waals surface area contributed by atoms with Gasteiger partial charge in [0.25, 0.3) is 0 Å². The second-order valence-corrected chi connectivity index (χ2v) is 8.36. The zero-order valence-electron chi connectivity index (χ0n) is 19.6. The van der Waals surface area contributed by atoms with Gasteiger partial charge in [0.2, 0.25) is 17.7 Å². The first-order valence-electron chi connectivity index (χ1n) is 11.0. The molecule has 35 heavy (non-hydrogen) atoms. The number of aryl methyl sites for hydroxylation is 1. The molecule has 3 aromatic rings. The van der Waals surface area contributed by atoms with Crippen molar-refractivity contribution in [2.45, 2.75) is 39.9 Å². The Bertz CT molecular complexity index is 1190. The van der Waals surface area contributed by atoms with Crippen molar-refractivity contribution in [2.75, 3.05) is 19.7 Å². The SMILES string of the molecule is Cc1cc(Cn2cc3c(CC(=O)NCCNC(=O)C(C)C)nccc3n2)cnc1OCC(F)(F)F. The molecule has 2 amide bonds. The molecule has 3 aromatic heterocycles. The van der Waals surface area contributed by atoms with Gasteiger partial charge in [-0.25, -0.2) is 4.98 Å². The Balaban J connectivity index is 1.62. The average molecular weight is 493 g/mol. The number of pyridine rings is 2. The van der Waals surface area contributed by atoms with E-state index in [0.29, 0.717) is 41.8 Å². The van der Waals surface area contributed by atoms with Crippen molar-refractivity contribution in [2.24, 2.45) is 5.92 Å². The molecule has 0 fully saturated rings. The number of hydrogen-bond donors (Lipinski definition) is 2. The number of nitrogens with zero attached hydrogens (tertiary/aromatic N) is 4. The molecule has 0 aromatic carbocycles. The summed E-state index contributed by atoms with van der Waals surface area (Å²) in [5.41, 5.74) is 2.42. The zero-order chi connectivity index (χ0) is 25.6. The number of ether oxygens (including phenoxy) is 1. The Labute approximate surface area is 200 Å². The van der Waals surface area contributed by atoms with Gasteiger partial charge in [-0.05, 0) is 24.6 Å². The molecule has 188 valence electrons. The maximum absolute atomic E-state index is 12.4. The summed E-state index contributed by atoms with van der Waals surface area (Å²) in [6, 6.07) is 3.42. The summed E-state index contributed by atoms with van der Waals surface area (Å²) in [6.07, 6.45) is 0.387. The van der Waals surface area contributed by atoms with Crippen LogP contribution < -0.4 is 15.4 Å². The molecule has 0 bridgehead atoms. The summed E-state index contributed by atoms with van der Waals surface area (Å²) in [5, 5.41) is 10.7. The van der Waals surface area contributed by atoms with Gasteiger partial charge in [0.15, 0.2) is 6.61 Å². The highest BCUT2D eigenvalue weighted by atomic mass is 19.4. The van der Waals surface area contributed by atoms with Crippen molar-refractivity contribution >= 4 is 22.7 Å². The maximum Gasteiger partial charge on any atom is 0.422 e. The molecule has 9 nitrogen and oxygen atoms in total. The summed E-state index contributed by atoms with van der Waals surface area (Å²) in [4.78, 5) is 32.2. The highest BCUT2D eigenvalue weighted by molar-refractivity contribution is 5.86. The summed E-state index contributed by atoms with van der Waals surface area (Å²) in [6.45, 7) is 4.77. The number of carbonyl (C=O) groups excluding carboxylic acids is 2. The second-order valence-electron chi connectivity index (χ2n) is 8.36. The van der Waals surface area contributed by atoms with Gasteiger partial charge in [0, 0.05) is 48.5 Å². The van der Waals surface area contributed by atoms with Crippen LogP contribution in [0.5, 0.6) is 5.88 Å². The fourth-order valence-corrected chi connectivity index (χ4v) is 3.27. The average Bonchev–Trinajstić information content (AvgIpc) is 3.18. The lowest BCUT2D eigenvalue weighted by Gasteiger charge is -2.11. The predicted octanol–water partition coefficient (Wildman–Crippen LogP) is 2.56. The van der Waals surface area contributed by atoms with Crippen LogP contribution in [-0.2, 0) is 22.6 Å². The Hall–Kier alpha value is -3.70. The van der Waals surface area contributed by atoms with Crippen molar-refractivity contribution in [1.29, 1.82) is 0 Å². The van der Waals surface area contributed by atoms with Crippen LogP contribution in [0.25, 0.3) is 10.9 Å². The molecule has 3 heterocycles. The molecule has 0 atom stereocenters. The van der Waals surface area contributed by atoms with Gasteiger partial charge in [0.1, 0.15) is 0 Å². The van der Waals surface area contributed by atoms with Crippen molar-refractivity contribution in [3.8, 4) is 5.88 Å². The molecule has 0 radical (unpaired) electrons. The third-order valence-electron chi connectivity index (χ3n) is 4.97. The fourth-order valence-electron chi connectivity index (χ4n) is 3.27. The number of rotatable bonds is 10. The van der Waals surface area contributed by atoms with E-state index in [1.807, 2.05) is 0 Å². The van der Waals surface area contributed by atoms with E-state index in [4.69, 9.17) is 4.74 Å². The Kier molecular flexibility index (Phi) is 8.26. The molecule has 0 aliphatic heterocycles. The minimum atomic E-state index is -4.44. The monoisotopic (exact) mass is 492 g/mol. The van der Waals surface area contributed by atoms with E-state index in [1.54, 1.807) is 50.0 Å². The molecule has 0 saturated carbocycles. The van der Waals surface area contributed by atoms with E-state index in [0.717, 1.165) is 5.56 Å². The Morgan fingerprint density at radius 2 is 1.91 bits per heavy atom. The summed E-state index contributed by atoms with van der Waals surface area (Å²) in [7, 11) is 0. The highest BCUT2D eigenvalue weighted by Crippen LogP contribution is 2.21. The first-order valence-corrected chi connectivity index (χ1v) is 11.0. The van der Waals surface area contributed by atoms with Gasteiger partial charge >= 0.3 is 6.18 Å². The quantitative estimate of drug-likeness (QED) is 0.421. The normalized spacial score (nSPS) is 11.6. The number of aromatic nitrogens is 4. The predicted molar refractivity (Wildman–Crippen MR) is 122 cm³/mol. The van der Waals surface area contributed by atoms with Crippen LogP contribution in [0, 0.1) is 12.8 Å². The van der Waals surface area contributed by atoms with Crippen molar-refractivity contribution in [1.82, 2.24) is 30.4 Å². The van der Waals surface area contributed by atoms with Gasteiger partial charge in [-0.3, -0.25) is 19.3 Å². The van der Waals surface area contributed by atoms with E-state index in [1.165, 1.54) is 6.20 Å². The van der Waals surface area contributed by atoms with E-state index >= 15 is 0 Å². The summed E-state index contributed by atoms with van der Waals surface area (Å²) in [5.74, 6) is -0.500. The van der Waals surface area contributed by atoms with Crippen LogP contribution in [0.4, 0.5) is 13.2 Å². The first kappa shape index (κ1) is 25.9. The molecular formula is C23H27F3N6O3. The number of nitrogens with one attached hydrogen (secondary N) is 2. The van der Waals surface area contributed by atoms with Gasteiger partial charge < -0.3 is 15.4 Å². The smallest absolute Gasteiger partial charge is 0.422 e. The molecule has 3 rings (SSSR count). The minimum absolute atomic E-state index is 0.0487. The number of amides is 2. The lowest BCUT2D eigenvalue weighted by Crippen LogP contribution is -2.37. The Morgan fingerprint density at radius 3 is 2.60 bits per heavy atom. The van der Waals surface area contributed by atoms with Crippen molar-refractivity contribution < 1.29 is 27.5 Å². The highest BCUT2D eigenvalue weighted by Gasteiger charge is 2.29. The fraction of sp³-hybridized carbons (Fsp3) is 0.435. The summed E-state index contributed by atoms with van der Waals surface area (Å²) >= 11 is 0. The van der Waals surface area contributed by atoms with Crippen LogP contribution in [0.1, 0.15) is 30.7 Å². The number of hydrogen-bond acceptors (Lipinski definition) is 6. The number of carbonyl (C=O) groups is 2. The lowest BCUT2D eigenvalue weighted by molar-refractivity contribution is -0.154. The van der Waals surface area contributed by atoms with Gasteiger partial charge in [0.05, 0.1) is 24.2 Å². The van der Waals surface area contributed by atoms with E-state index in [-0.39, 0.29) is 30.0 Å². The standard InChI is InChI=1S/C23H27F3N6O3/c1-14(2)21(34)29-7-6-28-20(33)9-19-17-12-32(31-18(17)4-5-27-19)11-16-8-15(3)22(30-10-16)35-13-23(24,25)26/h4-5,8,10,12,14H,6-7,9,11,13H2,1-3H3,(H,28,33)(H,29,34). The topological polar surface area (TPSA) is 111 Å². The molecule has 0 aliphatic carbocycles. The third-order valence-corrected chi connectivity index (χ3v) is 4.97. The van der Waals surface area contributed by atoms with Crippen molar-refractivity contribution in [3.63, 3.8) is 0 Å². The lowest BCUT2D eigenvalue weighted by atomic mass is 10.2. The summed E-state index contributed by atoms with van der Waals surface area (Å²) < 4.78 is 43.5. The molecule has 0 saturated heterocycles. The van der Waals surface area contributed by atoms with Crippen LogP contribution in [0.2, 0.25) is 0 Å². The van der Waals surface area contributed by atoms with Gasteiger partial charge in [-0.1, -0.05) is 13.8 Å². The molecular weight excluding hydrogens is 465 g/mol. The molecule has 0 aliphatic rings. The number of alkyl halides is 3. The Morgan fingerprint density at radius 1 is 1.17 bits per heavy atom. The second kappa shape index (κ2) is 11.2. The van der Waals surface area contributed by atoms with Gasteiger partial charge in [-0.2, -0.15) is 18.3 Å². The van der Waals surface area contributed by atoms with Crippen LogP contribution in [0.3, 0.4) is 0 Å². The first-order chi connectivity index (χ1) is 16.5. The zero-order valence-corrected chi connectivity index (χ0v) is 19.6. The van der Waals surface area contributed by atoms with Crippen LogP contribution in [-0.4, -0.2) is 57.4 Å². The number of halogens is 3. The molecule has 0 unspecified atom stereocenters. The largest absolute Gasteiger partial charge is 0.468 e.